The smallest absolute Gasteiger partial charge is 0.547 e. The fourth-order valence-electron chi connectivity index (χ4n) is 8.71. The van der Waals surface area contributed by atoms with E-state index in [1.165, 1.54) is 6.92 Å². The number of aliphatic hydroxyl groups is 25. The fraction of sp³-hybridized carbons (Fsp3) is 0.776. The summed E-state index contributed by atoms with van der Waals surface area (Å²) in [6.07, 6.45) is -48.1. The molecule has 5 heterocycles. The van der Waals surface area contributed by atoms with E-state index in [4.69, 9.17) is 69.3 Å². The second-order valence-corrected chi connectivity index (χ2v) is 20.1. The van der Waals surface area contributed by atoms with E-state index >= 15 is 0 Å². The first-order valence-electron chi connectivity index (χ1n) is 26.4. The summed E-state index contributed by atoms with van der Waals surface area (Å²) >= 11 is 0. The predicted octanol–water partition coefficient (Wildman–Crippen LogP) is -20.4. The van der Waals surface area contributed by atoms with Gasteiger partial charge in [0.2, 0.25) is 0 Å². The standard InChI is InChI=1S/C15H20O8.C10H18O7.3C8H14O8.Na/c16-6-9-10(17)11(18)12(19)14(23-9)13(20)15(21)22-7-8-4-2-1-3-5-8;1-2-4(12)6(13)10-9(16)8(15)7(14)5(3-11)17-10;3*9-1-2-3(10)4(11)5(12)7(16-2)6(13)8(14)15;/h1-5,9-14,16-20H,6-7H2;5-11,13-16H,2-3H2,1H3;3*2-7,9-13H,1H2,(H,14,15);/q;;;;;+1/p-1/t9-,10-,11+,12-,13?,14?;5-,6?,7-,8+,9-,10?;3*2-,3-,4+,5-,6?,7?;/m11111./s1. The quantitative estimate of drug-likeness (QED) is 0.0479. The number of carboxylic acid groups (broad SMARTS) is 3. The number of Topliss-reactive ketones (excluding diaryl/α,β-unsaturated/α-hetero) is 1. The van der Waals surface area contributed by atoms with Crippen molar-refractivity contribution in [2.24, 2.45) is 0 Å². The monoisotopic (exact) mass is 1310 g/mol. The van der Waals surface area contributed by atoms with Crippen molar-refractivity contribution in [1.29, 1.82) is 0 Å². The number of carboxylic acids is 3. The number of carbonyl (C=O) groups is 5. The van der Waals surface area contributed by atoms with Gasteiger partial charge in [0.15, 0.2) is 24.1 Å². The third kappa shape index (κ3) is 22.1. The molecule has 0 bridgehead atoms. The van der Waals surface area contributed by atoms with Gasteiger partial charge >= 0.3 is 47.5 Å². The van der Waals surface area contributed by atoms with Crippen molar-refractivity contribution in [2.45, 2.75) is 203 Å². The number of carbonyl (C=O) groups excluding carboxylic acids is 3. The van der Waals surface area contributed by atoms with E-state index in [-0.39, 0.29) is 42.6 Å². The van der Waals surface area contributed by atoms with E-state index in [9.17, 15) is 126 Å². The molecular formula is C49H79NaO39. The van der Waals surface area contributed by atoms with Crippen LogP contribution in [-0.2, 0) is 59.0 Å². The predicted molar refractivity (Wildman–Crippen MR) is 271 cm³/mol. The summed E-state index contributed by atoms with van der Waals surface area (Å²) in [6.45, 7) is -1.81. The van der Waals surface area contributed by atoms with Crippen molar-refractivity contribution in [3.8, 4) is 0 Å². The number of hydrogen-bond acceptors (Lipinski definition) is 37. The molecule has 39 nitrogen and oxygen atoms in total. The van der Waals surface area contributed by atoms with Gasteiger partial charge in [0, 0.05) is 6.42 Å². The van der Waals surface area contributed by atoms with Gasteiger partial charge in [-0.2, -0.15) is 0 Å². The third-order valence-corrected chi connectivity index (χ3v) is 14.1. The van der Waals surface area contributed by atoms with Crippen LogP contribution < -0.4 is 34.7 Å². The zero-order chi connectivity index (χ0) is 67.5. The van der Waals surface area contributed by atoms with Crippen molar-refractivity contribution in [1.82, 2.24) is 0 Å². The summed E-state index contributed by atoms with van der Waals surface area (Å²) < 4.78 is 29.5. The molecular weight excluding hydrogens is 1240 g/mol. The number of aliphatic carboxylic acids is 3. The number of aliphatic hydroxyl groups excluding tert-OH is 25. The molecule has 27 N–H and O–H groups in total. The molecule has 30 atom stereocenters. The average molecular weight is 1320 g/mol. The molecule has 40 heteroatoms. The minimum absolute atomic E-state index is 0. The molecule has 10 unspecified atom stereocenters. The normalized spacial score (nSPS) is 38.5. The van der Waals surface area contributed by atoms with Gasteiger partial charge in [0.25, 0.3) is 0 Å². The van der Waals surface area contributed by atoms with Gasteiger partial charge in [0.05, 0.1) is 39.0 Å². The van der Waals surface area contributed by atoms with Crippen LogP contribution in [0, 0.1) is 0 Å². The van der Waals surface area contributed by atoms with E-state index in [1.807, 2.05) is 0 Å². The zero-order valence-electron chi connectivity index (χ0n) is 47.1. The SMILES string of the molecule is CCC(=O)C(O)C1O[C@H](CO)[C@@H](O)[C@H](O)[C@H]1O.O=C(O)C(O)C1O[C@H](CO)[C@@H](O)[C@H](O)[C@H]1O.O=C(O)C(O)C1O[C@H](CO)[C@@H](O)[C@H](O)[C@H]1O.O=C(OCc1ccccc1)C(O)C1O[C@H](CO)[C@@H](O)[C@H](O)[C@H]1O.O=C([O-])C(O)C1O[C@H](CO)[C@@H](O)[C@H](O)[C@H]1O.[Na+]. The van der Waals surface area contributed by atoms with Crippen LogP contribution in [0.2, 0.25) is 0 Å². The number of ether oxygens (including phenoxy) is 6. The third-order valence-electron chi connectivity index (χ3n) is 14.1. The molecule has 5 aliphatic rings. The fourth-order valence-corrected chi connectivity index (χ4v) is 8.71. The van der Waals surface area contributed by atoms with Crippen LogP contribution in [0.25, 0.3) is 0 Å². The first kappa shape index (κ1) is 83.6. The van der Waals surface area contributed by atoms with Gasteiger partial charge in [-0.05, 0) is 5.56 Å². The molecule has 0 aliphatic carbocycles. The molecule has 0 amide bonds. The minimum Gasteiger partial charge on any atom is -0.547 e. The Morgan fingerprint density at radius 3 is 0.888 bits per heavy atom. The van der Waals surface area contributed by atoms with Crippen LogP contribution in [0.15, 0.2) is 30.3 Å². The van der Waals surface area contributed by atoms with E-state index in [2.05, 4.69) is 0 Å². The summed E-state index contributed by atoms with van der Waals surface area (Å²) in [4.78, 5) is 54.5. The van der Waals surface area contributed by atoms with E-state index in [0.717, 1.165) is 0 Å². The van der Waals surface area contributed by atoms with E-state index in [1.54, 1.807) is 30.3 Å². The summed E-state index contributed by atoms with van der Waals surface area (Å²) in [6, 6.07) is 8.78. The van der Waals surface area contributed by atoms with E-state index in [0.29, 0.717) is 5.56 Å². The molecule has 0 radical (unpaired) electrons. The maximum atomic E-state index is 11.9. The van der Waals surface area contributed by atoms with Crippen LogP contribution in [0.1, 0.15) is 18.9 Å². The number of esters is 1. The van der Waals surface area contributed by atoms with Gasteiger partial charge in [0.1, 0.15) is 171 Å². The topological polar surface area (TPSA) is 710 Å². The number of ketones is 1. The Morgan fingerprint density at radius 2 is 0.652 bits per heavy atom. The van der Waals surface area contributed by atoms with Crippen molar-refractivity contribution < 1.29 is 225 Å². The second-order valence-electron chi connectivity index (χ2n) is 20.1. The van der Waals surface area contributed by atoms with Crippen LogP contribution >= 0.6 is 0 Å². The molecule has 1 aromatic carbocycles. The molecule has 1 aromatic rings. The molecule has 5 aliphatic heterocycles. The van der Waals surface area contributed by atoms with Gasteiger partial charge < -0.3 is 176 Å². The Kier molecular flexibility index (Phi) is 36.9. The summed E-state index contributed by atoms with van der Waals surface area (Å²) in [5.74, 6) is -6.74. The van der Waals surface area contributed by atoms with Crippen molar-refractivity contribution in [3.63, 3.8) is 0 Å². The Hall–Kier alpha value is -3.43. The summed E-state index contributed by atoms with van der Waals surface area (Å²) in [7, 11) is 0. The van der Waals surface area contributed by atoms with Crippen molar-refractivity contribution >= 4 is 29.7 Å². The second kappa shape index (κ2) is 39.3. The van der Waals surface area contributed by atoms with E-state index < -0.39 is 246 Å². The maximum Gasteiger partial charge on any atom is 1.00 e. The Balaban J connectivity index is 0.000000559. The Bertz CT molecular complexity index is 2110. The number of benzene rings is 1. The Morgan fingerprint density at radius 1 is 0.404 bits per heavy atom. The molecule has 6 rings (SSSR count). The Labute approximate surface area is 524 Å². The number of rotatable bonds is 18. The van der Waals surface area contributed by atoms with Crippen molar-refractivity contribution in [2.75, 3.05) is 33.0 Å². The molecule has 510 valence electrons. The molecule has 89 heavy (non-hydrogen) atoms. The first-order valence-corrected chi connectivity index (χ1v) is 26.4. The summed E-state index contributed by atoms with van der Waals surface area (Å²) in [5, 5.41) is 261. The molecule has 0 aromatic heterocycles. The maximum absolute atomic E-state index is 11.9. The molecule has 0 saturated carbocycles. The molecule has 0 spiro atoms. The zero-order valence-corrected chi connectivity index (χ0v) is 49.1. The van der Waals surface area contributed by atoms with Crippen LogP contribution in [0.4, 0.5) is 0 Å². The molecule has 5 saturated heterocycles. The van der Waals surface area contributed by atoms with Gasteiger partial charge in [-0.15, -0.1) is 0 Å². The van der Waals surface area contributed by atoms with Crippen LogP contribution in [0.5, 0.6) is 0 Å². The number of hydrogen-bond donors (Lipinski definition) is 27. The summed E-state index contributed by atoms with van der Waals surface area (Å²) in [5.41, 5.74) is 0.710. The van der Waals surface area contributed by atoms with Gasteiger partial charge in [-0.1, -0.05) is 37.3 Å². The van der Waals surface area contributed by atoms with Gasteiger partial charge in [-0.3, -0.25) is 4.79 Å². The largest absolute Gasteiger partial charge is 1.00 e. The van der Waals surface area contributed by atoms with Crippen molar-refractivity contribution in [3.05, 3.63) is 35.9 Å². The average Bonchev–Trinajstić information content (AvgIpc) is 3.69. The minimum atomic E-state index is -2.16. The van der Waals surface area contributed by atoms with Crippen LogP contribution in [-0.4, -0.2) is 384 Å². The van der Waals surface area contributed by atoms with Gasteiger partial charge in [-0.25, -0.2) is 14.4 Å². The molecule has 5 fully saturated rings. The first-order chi connectivity index (χ1) is 41.1. The van der Waals surface area contributed by atoms with Crippen LogP contribution in [0.3, 0.4) is 0 Å².